The summed E-state index contributed by atoms with van der Waals surface area (Å²) < 4.78 is 11.4. The van der Waals surface area contributed by atoms with Crippen LogP contribution in [0.1, 0.15) is 44.1 Å². The fraction of sp³-hybridized carbons (Fsp3) is 0.650. The zero-order chi connectivity index (χ0) is 17.1. The van der Waals surface area contributed by atoms with Gasteiger partial charge < -0.3 is 9.47 Å². The van der Waals surface area contributed by atoms with Gasteiger partial charge in [-0.1, -0.05) is 30.3 Å². The summed E-state index contributed by atoms with van der Waals surface area (Å²) in [6.07, 6.45) is 6.59. The van der Waals surface area contributed by atoms with Crippen LogP contribution in [0.15, 0.2) is 30.3 Å². The molecule has 2 aliphatic heterocycles. The van der Waals surface area contributed by atoms with Crippen LogP contribution in [0.25, 0.3) is 0 Å². The molecule has 1 aromatic rings. The van der Waals surface area contributed by atoms with Gasteiger partial charge in [0.15, 0.2) is 0 Å². The first-order chi connectivity index (χ1) is 12.3. The second kappa shape index (κ2) is 7.43. The molecule has 4 rings (SSSR count). The van der Waals surface area contributed by atoms with Crippen LogP contribution in [0.5, 0.6) is 0 Å². The van der Waals surface area contributed by atoms with Crippen molar-refractivity contribution in [3.8, 4) is 6.07 Å². The Balaban J connectivity index is 1.29. The van der Waals surface area contributed by atoms with E-state index in [9.17, 15) is 5.26 Å². The predicted octanol–water partition coefficient (Wildman–Crippen LogP) is 3.41. The van der Waals surface area contributed by atoms with Gasteiger partial charge >= 0.3 is 0 Å². The van der Waals surface area contributed by atoms with Crippen LogP contribution < -0.4 is 0 Å². The summed E-state index contributed by atoms with van der Waals surface area (Å²) in [5.74, 6) is 0.0124. The SMILES string of the molecule is N#C[C@H]1[C@H]2CCC[C@@]13CCC[C@H](COCOCc1ccccc1)N3O2. The molecule has 25 heavy (non-hydrogen) atoms. The van der Waals surface area contributed by atoms with E-state index in [-0.39, 0.29) is 30.4 Å². The minimum absolute atomic E-state index is 0.0124. The Morgan fingerprint density at radius 1 is 1.16 bits per heavy atom. The molecule has 4 atom stereocenters. The summed E-state index contributed by atoms with van der Waals surface area (Å²) in [6, 6.07) is 12.9. The topological polar surface area (TPSA) is 54.7 Å². The number of hydroxylamine groups is 2. The molecule has 5 heteroatoms. The van der Waals surface area contributed by atoms with Crippen LogP contribution in [0.3, 0.4) is 0 Å². The third-order valence-corrected chi connectivity index (χ3v) is 5.94. The van der Waals surface area contributed by atoms with Crippen LogP contribution in [0, 0.1) is 17.2 Å². The lowest BCUT2D eigenvalue weighted by atomic mass is 9.68. The van der Waals surface area contributed by atoms with Crippen molar-refractivity contribution in [3.63, 3.8) is 0 Å². The Hall–Kier alpha value is -1.45. The first-order valence-corrected chi connectivity index (χ1v) is 9.39. The molecule has 3 aliphatic rings. The summed E-state index contributed by atoms with van der Waals surface area (Å²) >= 11 is 0. The first-order valence-electron chi connectivity index (χ1n) is 9.39. The Labute approximate surface area is 149 Å². The monoisotopic (exact) mass is 342 g/mol. The van der Waals surface area contributed by atoms with Gasteiger partial charge in [0.25, 0.3) is 0 Å². The molecule has 1 saturated carbocycles. The van der Waals surface area contributed by atoms with Crippen LogP contribution in [-0.4, -0.2) is 36.1 Å². The highest BCUT2D eigenvalue weighted by molar-refractivity contribution is 5.15. The summed E-state index contributed by atoms with van der Waals surface area (Å²) in [4.78, 5) is 6.21. The lowest BCUT2D eigenvalue weighted by Gasteiger charge is -2.46. The minimum atomic E-state index is -0.0746. The Bertz CT molecular complexity index is 613. The maximum atomic E-state index is 9.64. The van der Waals surface area contributed by atoms with Crippen molar-refractivity contribution >= 4 is 0 Å². The fourth-order valence-corrected chi connectivity index (χ4v) is 4.82. The highest BCUT2D eigenvalue weighted by Gasteiger charge is 2.60. The number of benzene rings is 1. The number of fused-ring (bicyclic) bond motifs is 1. The Morgan fingerprint density at radius 3 is 2.76 bits per heavy atom. The maximum Gasteiger partial charge on any atom is 0.147 e. The molecule has 0 N–H and O–H groups in total. The average molecular weight is 342 g/mol. The average Bonchev–Trinajstić information content (AvgIpc) is 2.83. The largest absolute Gasteiger partial charge is 0.354 e. The Morgan fingerprint density at radius 2 is 1.96 bits per heavy atom. The van der Waals surface area contributed by atoms with Gasteiger partial charge in [-0.15, -0.1) is 0 Å². The van der Waals surface area contributed by atoms with Gasteiger partial charge in [-0.2, -0.15) is 10.3 Å². The molecule has 2 heterocycles. The molecule has 0 aromatic heterocycles. The lowest BCUT2D eigenvalue weighted by Crippen LogP contribution is -2.56. The van der Waals surface area contributed by atoms with Gasteiger partial charge in [0.2, 0.25) is 0 Å². The molecule has 0 radical (unpaired) electrons. The van der Waals surface area contributed by atoms with Crippen LogP contribution in [-0.2, 0) is 20.9 Å². The Kier molecular flexibility index (Phi) is 5.05. The molecule has 1 aromatic carbocycles. The van der Waals surface area contributed by atoms with E-state index < -0.39 is 0 Å². The standard InChI is InChI=1S/C20H26N2O3/c21-12-18-19-9-5-11-20(18)10-4-8-17(22(20)25-19)14-24-15-23-13-16-6-2-1-3-7-16/h1-3,6-7,17-19H,4-5,8-11,13-15H2/t17-,18+,19-,20+/m1/s1. The highest BCUT2D eigenvalue weighted by atomic mass is 16.7. The third-order valence-electron chi connectivity index (χ3n) is 5.94. The second-order valence-corrected chi connectivity index (χ2v) is 7.44. The van der Waals surface area contributed by atoms with Crippen molar-refractivity contribution in [2.45, 2.75) is 62.8 Å². The summed E-state index contributed by atoms with van der Waals surface area (Å²) in [6.45, 7) is 1.45. The molecule has 2 saturated heterocycles. The predicted molar refractivity (Wildman–Crippen MR) is 92.1 cm³/mol. The fourth-order valence-electron chi connectivity index (χ4n) is 4.82. The van der Waals surface area contributed by atoms with Crippen molar-refractivity contribution in [1.82, 2.24) is 5.06 Å². The summed E-state index contributed by atoms with van der Waals surface area (Å²) in [7, 11) is 0. The number of ether oxygens (including phenoxy) is 2. The zero-order valence-corrected chi connectivity index (χ0v) is 14.6. The molecule has 134 valence electrons. The van der Waals surface area contributed by atoms with Gasteiger partial charge in [0, 0.05) is 0 Å². The quantitative estimate of drug-likeness (QED) is 0.586. The van der Waals surface area contributed by atoms with E-state index in [1.54, 1.807) is 0 Å². The number of hydrogen-bond donors (Lipinski definition) is 0. The van der Waals surface area contributed by atoms with Crippen molar-refractivity contribution < 1.29 is 14.3 Å². The molecule has 3 fully saturated rings. The van der Waals surface area contributed by atoms with Gasteiger partial charge in [-0.05, 0) is 44.1 Å². The van der Waals surface area contributed by atoms with Gasteiger partial charge in [-0.3, -0.25) is 4.84 Å². The van der Waals surface area contributed by atoms with Crippen LogP contribution >= 0.6 is 0 Å². The van der Waals surface area contributed by atoms with Gasteiger partial charge in [-0.25, -0.2) is 0 Å². The molecular formula is C20H26N2O3. The van der Waals surface area contributed by atoms with E-state index in [1.807, 2.05) is 30.3 Å². The van der Waals surface area contributed by atoms with Crippen molar-refractivity contribution in [3.05, 3.63) is 35.9 Å². The van der Waals surface area contributed by atoms with E-state index in [1.165, 1.54) is 0 Å². The third kappa shape index (κ3) is 3.20. The number of rotatable bonds is 6. The summed E-state index contributed by atoms with van der Waals surface area (Å²) in [5, 5.41) is 11.8. The summed E-state index contributed by atoms with van der Waals surface area (Å²) in [5.41, 5.74) is 1.07. The van der Waals surface area contributed by atoms with Gasteiger partial charge in [0.1, 0.15) is 6.79 Å². The smallest absolute Gasteiger partial charge is 0.147 e. The number of hydrogen-bond acceptors (Lipinski definition) is 5. The van der Waals surface area contributed by atoms with E-state index in [0.717, 1.165) is 44.1 Å². The molecule has 2 bridgehead atoms. The molecule has 1 aliphatic carbocycles. The molecule has 0 unspecified atom stereocenters. The molecular weight excluding hydrogens is 316 g/mol. The van der Waals surface area contributed by atoms with Crippen LogP contribution in [0.2, 0.25) is 0 Å². The zero-order valence-electron chi connectivity index (χ0n) is 14.6. The van der Waals surface area contributed by atoms with Gasteiger partial charge in [0.05, 0.1) is 42.9 Å². The molecule has 1 spiro atoms. The number of piperidine rings is 1. The van der Waals surface area contributed by atoms with Crippen molar-refractivity contribution in [2.75, 3.05) is 13.4 Å². The first kappa shape index (κ1) is 17.0. The normalized spacial score (nSPS) is 34.4. The van der Waals surface area contributed by atoms with E-state index in [2.05, 4.69) is 11.1 Å². The maximum absolute atomic E-state index is 9.64. The van der Waals surface area contributed by atoms with Crippen LogP contribution in [0.4, 0.5) is 0 Å². The van der Waals surface area contributed by atoms with E-state index in [0.29, 0.717) is 13.2 Å². The number of nitriles is 1. The number of nitrogens with zero attached hydrogens (tertiary/aromatic N) is 2. The molecule has 5 nitrogen and oxygen atoms in total. The highest BCUT2D eigenvalue weighted by Crippen LogP contribution is 2.52. The molecule has 0 amide bonds. The van der Waals surface area contributed by atoms with Crippen molar-refractivity contribution in [1.29, 1.82) is 5.26 Å². The van der Waals surface area contributed by atoms with E-state index in [4.69, 9.17) is 14.3 Å². The van der Waals surface area contributed by atoms with Crippen molar-refractivity contribution in [2.24, 2.45) is 5.92 Å². The second-order valence-electron chi connectivity index (χ2n) is 7.44. The van der Waals surface area contributed by atoms with E-state index >= 15 is 0 Å². The minimum Gasteiger partial charge on any atom is -0.354 e. The lowest BCUT2D eigenvalue weighted by molar-refractivity contribution is -0.235.